The summed E-state index contributed by atoms with van der Waals surface area (Å²) < 4.78 is 13.7. The van der Waals surface area contributed by atoms with E-state index < -0.39 is 0 Å². The molecule has 0 bridgehead atoms. The van der Waals surface area contributed by atoms with Gasteiger partial charge in [-0.1, -0.05) is 142 Å². The van der Waals surface area contributed by atoms with Crippen LogP contribution in [0.25, 0.3) is 65.7 Å². The molecule has 0 saturated carbocycles. The summed E-state index contributed by atoms with van der Waals surface area (Å²) in [6, 6.07) is 52.8. The van der Waals surface area contributed by atoms with Crippen LogP contribution in [-0.4, -0.2) is 23.4 Å². The van der Waals surface area contributed by atoms with E-state index >= 15 is 0 Å². The molecule has 57 heavy (non-hydrogen) atoms. The number of aromatic nitrogens is 2. The van der Waals surface area contributed by atoms with Gasteiger partial charge >= 0.3 is 0 Å². The van der Waals surface area contributed by atoms with Gasteiger partial charge in [0.25, 0.3) is 13.4 Å². The summed E-state index contributed by atoms with van der Waals surface area (Å²) in [5.74, 6) is 2.17. The van der Waals surface area contributed by atoms with Crippen molar-refractivity contribution in [2.24, 2.45) is 0 Å². The Balaban J connectivity index is 1.21. The van der Waals surface area contributed by atoms with Crippen molar-refractivity contribution in [2.75, 3.05) is 4.90 Å². The molecule has 268 valence electrons. The third kappa shape index (κ3) is 4.10. The molecule has 2 aliphatic heterocycles. The molecule has 11 aromatic rings. The number of nitrogens with one attached hydrogen (secondary N) is 2. The van der Waals surface area contributed by atoms with Crippen LogP contribution >= 0.6 is 0 Å². The molecule has 0 atom stereocenters. The fraction of sp³-hybridized carbons (Fsp3) is 0.0800. The Morgan fingerprint density at radius 3 is 1.35 bits per heavy atom. The summed E-state index contributed by atoms with van der Waals surface area (Å²) in [7, 11) is 0. The average Bonchev–Trinajstić information content (AvgIpc) is 4.01. The number of para-hydroxylation sites is 6. The standard InChI is InChI=1S/C50H35B2N3O2/c1-50(2,3)28-26-37-45-38(27-28)52(36-21-13-19-32-30-15-7-11-25-42(30)57-47(32)36)44-34-17-5-9-23-40(34)54-49(44)55(45)48-43(33-16-4-8-22-39(33)53-48)51(37)35-20-12-18-31-29-14-6-10-24-41(29)56-46(31)35/h4-27,53-54H,1-3H3. The van der Waals surface area contributed by atoms with E-state index in [9.17, 15) is 0 Å². The van der Waals surface area contributed by atoms with Crippen LogP contribution in [0.3, 0.4) is 0 Å². The predicted molar refractivity (Wildman–Crippen MR) is 240 cm³/mol. The van der Waals surface area contributed by atoms with Crippen molar-refractivity contribution in [3.05, 3.63) is 151 Å². The summed E-state index contributed by atoms with van der Waals surface area (Å²) in [5, 5.41) is 6.98. The first kappa shape index (κ1) is 31.4. The Morgan fingerprint density at radius 1 is 0.456 bits per heavy atom. The Kier molecular flexibility index (Phi) is 6.01. The van der Waals surface area contributed by atoms with E-state index in [1.165, 1.54) is 54.8 Å². The van der Waals surface area contributed by atoms with Crippen LogP contribution in [-0.2, 0) is 5.41 Å². The molecular weight excluding hydrogens is 696 g/mol. The number of rotatable bonds is 2. The number of benzene rings is 7. The van der Waals surface area contributed by atoms with Crippen molar-refractivity contribution in [1.29, 1.82) is 0 Å². The lowest BCUT2D eigenvalue weighted by molar-refractivity contribution is 0.591. The summed E-state index contributed by atoms with van der Waals surface area (Å²) in [6.45, 7) is 6.76. The maximum atomic E-state index is 6.87. The molecule has 13 rings (SSSR count). The summed E-state index contributed by atoms with van der Waals surface area (Å²) >= 11 is 0. The van der Waals surface area contributed by atoms with Gasteiger partial charge in [-0.3, -0.25) is 4.90 Å². The van der Waals surface area contributed by atoms with E-state index in [1.54, 1.807) is 0 Å². The first-order chi connectivity index (χ1) is 27.9. The molecule has 2 N–H and O–H groups in total. The van der Waals surface area contributed by atoms with Crippen LogP contribution in [0.4, 0.5) is 17.3 Å². The Bertz CT molecular complexity index is 3280. The SMILES string of the molecule is CC(C)(C)c1cc2c3c(c1)B(c1cccc4c1oc1ccccc14)c1c([nH]c4ccccc14)N3c1[nH]c3ccccc3c1B2c1cccc2c1oc1ccccc12. The highest BCUT2D eigenvalue weighted by Crippen LogP contribution is 2.42. The van der Waals surface area contributed by atoms with E-state index in [1.807, 2.05) is 0 Å². The fourth-order valence-corrected chi connectivity index (χ4v) is 10.3. The molecule has 0 aliphatic carbocycles. The van der Waals surface area contributed by atoms with Gasteiger partial charge in [-0.05, 0) is 78.8 Å². The van der Waals surface area contributed by atoms with Gasteiger partial charge in [0, 0.05) is 38.3 Å². The van der Waals surface area contributed by atoms with Crippen molar-refractivity contribution >= 4 is 129 Å². The summed E-state index contributed by atoms with van der Waals surface area (Å²) in [4.78, 5) is 10.5. The third-order valence-electron chi connectivity index (χ3n) is 12.8. The lowest BCUT2D eigenvalue weighted by atomic mass is 9.30. The zero-order valence-corrected chi connectivity index (χ0v) is 31.8. The van der Waals surface area contributed by atoms with E-state index in [-0.39, 0.29) is 18.8 Å². The second kappa shape index (κ2) is 10.9. The highest BCUT2D eigenvalue weighted by Gasteiger charge is 2.48. The number of hydrogen-bond donors (Lipinski definition) is 2. The van der Waals surface area contributed by atoms with Crippen LogP contribution in [0.5, 0.6) is 0 Å². The Morgan fingerprint density at radius 2 is 0.877 bits per heavy atom. The Labute approximate surface area is 329 Å². The van der Waals surface area contributed by atoms with Gasteiger partial charge in [0.2, 0.25) is 0 Å². The minimum atomic E-state index is -0.136. The van der Waals surface area contributed by atoms with Crippen molar-refractivity contribution in [3.8, 4) is 0 Å². The molecule has 7 heteroatoms. The summed E-state index contributed by atoms with van der Waals surface area (Å²) in [6.07, 6.45) is 0. The lowest BCUT2D eigenvalue weighted by Gasteiger charge is -2.42. The molecule has 0 fully saturated rings. The number of hydrogen-bond acceptors (Lipinski definition) is 3. The van der Waals surface area contributed by atoms with Gasteiger partial charge in [0.1, 0.15) is 34.0 Å². The molecule has 0 amide bonds. The minimum Gasteiger partial charge on any atom is -0.457 e. The molecule has 5 nitrogen and oxygen atoms in total. The molecule has 6 heterocycles. The molecule has 0 radical (unpaired) electrons. The molecular formula is C50H35B2N3O2. The van der Waals surface area contributed by atoms with E-state index in [2.05, 4.69) is 181 Å². The van der Waals surface area contributed by atoms with Crippen LogP contribution in [0.1, 0.15) is 26.3 Å². The lowest BCUT2D eigenvalue weighted by Crippen LogP contribution is -2.65. The van der Waals surface area contributed by atoms with Crippen molar-refractivity contribution in [1.82, 2.24) is 9.97 Å². The normalized spacial score (nSPS) is 13.8. The number of aromatic amines is 2. The van der Waals surface area contributed by atoms with Crippen LogP contribution in [0.15, 0.2) is 154 Å². The number of fused-ring (bicyclic) bond motifs is 14. The second-order valence-corrected chi connectivity index (χ2v) is 17.0. The Hall–Kier alpha value is -6.85. The molecule has 2 aliphatic rings. The second-order valence-electron chi connectivity index (χ2n) is 17.0. The predicted octanol–water partition coefficient (Wildman–Crippen LogP) is 8.87. The maximum Gasteiger partial charge on any atom is 0.254 e. The largest absolute Gasteiger partial charge is 0.457 e. The van der Waals surface area contributed by atoms with Crippen LogP contribution < -0.4 is 37.7 Å². The third-order valence-corrected chi connectivity index (χ3v) is 12.8. The van der Waals surface area contributed by atoms with E-state index in [0.29, 0.717) is 0 Å². The smallest absolute Gasteiger partial charge is 0.254 e. The number of H-pyrrole nitrogens is 2. The zero-order chi connectivity index (χ0) is 37.7. The fourth-order valence-electron chi connectivity index (χ4n) is 10.3. The highest BCUT2D eigenvalue weighted by atomic mass is 16.3. The zero-order valence-electron chi connectivity index (χ0n) is 31.8. The number of anilines is 3. The van der Waals surface area contributed by atoms with Crippen molar-refractivity contribution < 1.29 is 8.83 Å². The van der Waals surface area contributed by atoms with Gasteiger partial charge in [-0.25, -0.2) is 0 Å². The molecule has 4 aromatic heterocycles. The number of furan rings is 2. The van der Waals surface area contributed by atoms with Gasteiger partial charge in [0.15, 0.2) is 0 Å². The van der Waals surface area contributed by atoms with Gasteiger partial charge in [-0.15, -0.1) is 0 Å². The first-order valence-corrected chi connectivity index (χ1v) is 19.9. The van der Waals surface area contributed by atoms with E-state index in [4.69, 9.17) is 8.83 Å². The summed E-state index contributed by atoms with van der Waals surface area (Å²) in [5.41, 5.74) is 15.7. The van der Waals surface area contributed by atoms with Crippen LogP contribution in [0.2, 0.25) is 0 Å². The minimum absolute atomic E-state index is 0.124. The van der Waals surface area contributed by atoms with Gasteiger partial charge in [0.05, 0.1) is 0 Å². The molecule has 0 saturated heterocycles. The topological polar surface area (TPSA) is 61.1 Å². The molecule has 0 unspecified atom stereocenters. The van der Waals surface area contributed by atoms with Crippen molar-refractivity contribution in [3.63, 3.8) is 0 Å². The quantitative estimate of drug-likeness (QED) is 0.175. The maximum absolute atomic E-state index is 6.87. The van der Waals surface area contributed by atoms with Gasteiger partial charge < -0.3 is 18.8 Å². The monoisotopic (exact) mass is 731 g/mol. The van der Waals surface area contributed by atoms with Crippen molar-refractivity contribution in [2.45, 2.75) is 26.2 Å². The first-order valence-electron chi connectivity index (χ1n) is 19.9. The molecule has 0 spiro atoms. The molecule has 7 aromatic carbocycles. The van der Waals surface area contributed by atoms with Gasteiger partial charge in [-0.2, -0.15) is 0 Å². The number of nitrogens with zero attached hydrogens (tertiary/aromatic N) is 1. The van der Waals surface area contributed by atoms with E-state index in [0.717, 1.165) is 66.5 Å². The highest BCUT2D eigenvalue weighted by molar-refractivity contribution is 7.04. The van der Waals surface area contributed by atoms with Crippen LogP contribution in [0, 0.1) is 0 Å². The average molecular weight is 731 g/mol.